The van der Waals surface area contributed by atoms with Gasteiger partial charge in [0.25, 0.3) is 5.91 Å². The van der Waals surface area contributed by atoms with Crippen molar-refractivity contribution < 1.29 is 51.7 Å². The molecule has 1 aromatic heterocycles. The van der Waals surface area contributed by atoms with Crippen molar-refractivity contribution in [3.05, 3.63) is 63.1 Å². The number of halogens is 2. The highest BCUT2D eigenvalue weighted by Crippen LogP contribution is 2.46. The molecule has 1 saturated heterocycles. The molecule has 0 aliphatic carbocycles. The Labute approximate surface area is 251 Å². The molecule has 2 aliphatic rings. The molecule has 240 valence electrons. The summed E-state index contributed by atoms with van der Waals surface area (Å²) in [6.45, 7) is 4.28. The molecular weight excluding hydrogens is 607 g/mol. The summed E-state index contributed by atoms with van der Waals surface area (Å²) in [6, 6.07) is 2.27. The van der Waals surface area contributed by atoms with Gasteiger partial charge in [0.2, 0.25) is 12.2 Å². The van der Waals surface area contributed by atoms with Crippen molar-refractivity contribution in [2.75, 3.05) is 26.0 Å². The van der Waals surface area contributed by atoms with E-state index >= 15 is 0 Å². The van der Waals surface area contributed by atoms with Crippen molar-refractivity contribution in [1.29, 1.82) is 0 Å². The summed E-state index contributed by atoms with van der Waals surface area (Å²) < 4.78 is 55.4. The van der Waals surface area contributed by atoms with Crippen LogP contribution < -0.4 is 10.7 Å². The lowest BCUT2D eigenvalue weighted by Gasteiger charge is -2.50. The van der Waals surface area contributed by atoms with Crippen molar-refractivity contribution in [3.63, 3.8) is 0 Å². The van der Waals surface area contributed by atoms with Crippen LogP contribution in [0.2, 0.25) is 0 Å². The quantitative estimate of drug-likeness (QED) is 0.198. The number of benzene rings is 1. The number of ketones is 1. The van der Waals surface area contributed by atoms with Gasteiger partial charge < -0.3 is 29.4 Å². The molecule has 3 heterocycles. The van der Waals surface area contributed by atoms with Gasteiger partial charge in [0.15, 0.2) is 11.5 Å². The average molecular weight is 642 g/mol. The molecule has 13 nitrogen and oxygen atoms in total. The number of aromatic nitrogens is 1. The van der Waals surface area contributed by atoms with Crippen molar-refractivity contribution in [3.8, 4) is 5.75 Å². The average Bonchev–Trinajstić information content (AvgIpc) is 2.93. The third-order valence-electron chi connectivity index (χ3n) is 7.81. The molecule has 1 fully saturated rings. The molecule has 4 rings (SSSR count). The maximum Gasteiger partial charge on any atom is 0.510 e. The van der Waals surface area contributed by atoms with Gasteiger partial charge in [0.1, 0.15) is 22.9 Å². The molecule has 16 heteroatoms. The molecule has 0 saturated carbocycles. The van der Waals surface area contributed by atoms with E-state index in [0.29, 0.717) is 25.5 Å². The number of carbonyl (C=O) groups is 3. The lowest BCUT2D eigenvalue weighted by Crippen LogP contribution is -2.60. The molecule has 1 unspecified atom stereocenters. The number of amides is 1. The van der Waals surface area contributed by atoms with Crippen molar-refractivity contribution in [2.24, 2.45) is 5.41 Å². The number of rotatable bonds is 10. The first kappa shape index (κ1) is 33.2. The van der Waals surface area contributed by atoms with Gasteiger partial charge in [-0.25, -0.2) is 13.6 Å². The second kappa shape index (κ2) is 13.1. The van der Waals surface area contributed by atoms with Crippen LogP contribution in [-0.4, -0.2) is 75.5 Å². The zero-order valence-corrected chi connectivity index (χ0v) is 25.3. The van der Waals surface area contributed by atoms with Gasteiger partial charge in [-0.1, -0.05) is 13.0 Å². The van der Waals surface area contributed by atoms with Crippen molar-refractivity contribution in [1.82, 2.24) is 14.8 Å². The van der Waals surface area contributed by atoms with Crippen LogP contribution >= 0.6 is 7.60 Å². The van der Waals surface area contributed by atoms with E-state index in [4.69, 9.17) is 9.26 Å². The lowest BCUT2D eigenvalue weighted by atomic mass is 9.68. The summed E-state index contributed by atoms with van der Waals surface area (Å²) in [5.41, 5.74) is -2.90. The van der Waals surface area contributed by atoms with Crippen LogP contribution in [-0.2, 0) is 31.7 Å². The number of pyridine rings is 1. The molecule has 2 aliphatic heterocycles. The predicted molar refractivity (Wildman–Crippen MR) is 150 cm³/mol. The molecule has 1 aromatic carbocycles. The Kier molecular flexibility index (Phi) is 9.93. The smallest absolute Gasteiger partial charge is 0.503 e. The van der Waals surface area contributed by atoms with Gasteiger partial charge in [-0.2, -0.15) is 0 Å². The summed E-state index contributed by atoms with van der Waals surface area (Å²) in [4.78, 5) is 63.2. The van der Waals surface area contributed by atoms with E-state index in [1.54, 1.807) is 20.8 Å². The summed E-state index contributed by atoms with van der Waals surface area (Å²) in [6.07, 6.45) is 0.258. The normalized spacial score (nSPS) is 21.2. The SMILES string of the molecule is CC(C)OC(=O)OCOP(=O)(O)CCN1CCC[C@]2(C)C(=O)c3c(O)c(=O)c(C(=O)NCc4ccc(F)cc4F)cn3C[C@H]12. The third-order valence-corrected chi connectivity index (χ3v) is 9.08. The molecule has 0 radical (unpaired) electrons. The third kappa shape index (κ3) is 7.17. The van der Waals surface area contributed by atoms with E-state index in [-0.39, 0.29) is 37.1 Å². The van der Waals surface area contributed by atoms with Crippen molar-refractivity contribution in [2.45, 2.75) is 58.8 Å². The van der Waals surface area contributed by atoms with Gasteiger partial charge in [-0.3, -0.25) is 28.4 Å². The second-order valence-electron chi connectivity index (χ2n) is 11.2. The minimum Gasteiger partial charge on any atom is -0.503 e. The van der Waals surface area contributed by atoms with Gasteiger partial charge in [-0.15, -0.1) is 0 Å². The highest BCUT2D eigenvalue weighted by Gasteiger charge is 2.51. The van der Waals surface area contributed by atoms with Crippen LogP contribution in [0.3, 0.4) is 0 Å². The van der Waals surface area contributed by atoms with Crippen LogP contribution in [0.25, 0.3) is 0 Å². The van der Waals surface area contributed by atoms with Crippen LogP contribution in [0.1, 0.15) is 60.0 Å². The zero-order valence-electron chi connectivity index (χ0n) is 24.4. The number of hydrogen-bond donors (Lipinski definition) is 3. The van der Waals surface area contributed by atoms with Crippen LogP contribution in [0, 0.1) is 17.0 Å². The number of aromatic hydroxyl groups is 1. The number of nitrogens with one attached hydrogen (secondary N) is 1. The standard InChI is InChI=1S/C28H34F2N3O10P/c1-16(2)43-27(38)41-15-42-44(39,40)10-9-32-8-4-7-28(3)21(32)14-33-13-19(23(34)24(35)22(33)25(28)36)26(37)31-12-17-5-6-18(29)11-20(17)30/h5-6,11,13,16,21,35H,4,7-10,12,14-15H2,1-3H3,(H,31,37)(H,39,40)/t21-,28-/m0/s1. The number of carbonyl (C=O) groups excluding carboxylic acids is 3. The second-order valence-corrected chi connectivity index (χ2v) is 13.2. The molecular formula is C28H34F2N3O10P. The Morgan fingerprint density at radius 3 is 2.66 bits per heavy atom. The molecule has 0 spiro atoms. The van der Waals surface area contributed by atoms with E-state index in [1.165, 1.54) is 4.57 Å². The van der Waals surface area contributed by atoms with E-state index in [9.17, 15) is 42.5 Å². The molecule has 2 aromatic rings. The number of hydrogen-bond acceptors (Lipinski definition) is 10. The first-order valence-electron chi connectivity index (χ1n) is 13.9. The van der Waals surface area contributed by atoms with Gasteiger partial charge >= 0.3 is 13.8 Å². The monoisotopic (exact) mass is 641 g/mol. The minimum atomic E-state index is -4.22. The maximum atomic E-state index is 14.0. The van der Waals surface area contributed by atoms with Crippen LogP contribution in [0.4, 0.5) is 13.6 Å². The first-order valence-corrected chi connectivity index (χ1v) is 15.7. The van der Waals surface area contributed by atoms with Gasteiger partial charge in [0.05, 0.1) is 12.3 Å². The highest BCUT2D eigenvalue weighted by atomic mass is 31.2. The number of fused-ring (bicyclic) bond motifs is 2. The summed E-state index contributed by atoms with van der Waals surface area (Å²) in [5.74, 6) is -4.04. The summed E-state index contributed by atoms with van der Waals surface area (Å²) >= 11 is 0. The molecule has 3 atom stereocenters. The number of likely N-dealkylation sites (tertiary alicyclic amines) is 1. The first-order chi connectivity index (χ1) is 20.6. The lowest BCUT2D eigenvalue weighted by molar-refractivity contribution is -0.0116. The fourth-order valence-electron chi connectivity index (χ4n) is 5.51. The highest BCUT2D eigenvalue weighted by molar-refractivity contribution is 7.52. The predicted octanol–water partition coefficient (Wildman–Crippen LogP) is 3.15. The fraction of sp³-hybridized carbons (Fsp3) is 0.500. The Bertz CT molecular complexity index is 1560. The fourth-order valence-corrected chi connectivity index (χ4v) is 6.37. The number of Topliss-reactive ketones (excluding diaryl/α,β-unsaturated/α-hetero) is 1. The topological polar surface area (TPSA) is 174 Å². The van der Waals surface area contributed by atoms with Crippen LogP contribution in [0.5, 0.6) is 5.75 Å². The summed E-state index contributed by atoms with van der Waals surface area (Å²) in [7, 11) is -4.22. The summed E-state index contributed by atoms with van der Waals surface area (Å²) in [5, 5.41) is 13.1. The zero-order chi connectivity index (χ0) is 32.4. The van der Waals surface area contributed by atoms with Crippen LogP contribution in [0.15, 0.2) is 29.2 Å². The minimum absolute atomic E-state index is 0.0237. The molecule has 3 N–H and O–H groups in total. The van der Waals surface area contributed by atoms with Gasteiger partial charge in [0, 0.05) is 48.9 Å². The Balaban J connectivity index is 1.50. The molecule has 44 heavy (non-hydrogen) atoms. The largest absolute Gasteiger partial charge is 0.510 e. The van der Waals surface area contributed by atoms with Crippen molar-refractivity contribution >= 4 is 25.4 Å². The molecule has 0 bridgehead atoms. The Hall–Kier alpha value is -3.65. The number of ether oxygens (including phenoxy) is 2. The van der Waals surface area contributed by atoms with E-state index in [0.717, 1.165) is 18.3 Å². The molecule has 1 amide bonds. The van der Waals surface area contributed by atoms with Gasteiger partial charge in [-0.05, 0) is 39.3 Å². The Morgan fingerprint density at radius 2 is 1.98 bits per heavy atom. The number of piperidine rings is 1. The van der Waals surface area contributed by atoms with E-state index < -0.39 is 78.2 Å². The number of nitrogens with zero attached hydrogens (tertiary/aromatic N) is 2. The van der Waals surface area contributed by atoms with E-state index in [2.05, 4.69) is 10.1 Å². The van der Waals surface area contributed by atoms with E-state index in [1.807, 2.05) is 4.90 Å². The maximum absolute atomic E-state index is 14.0. The Morgan fingerprint density at radius 1 is 1.25 bits per heavy atom.